The molecule has 0 bridgehead atoms. The number of halogens is 2. The van der Waals surface area contributed by atoms with E-state index in [4.69, 9.17) is 0 Å². The lowest BCUT2D eigenvalue weighted by Crippen LogP contribution is -2.28. The van der Waals surface area contributed by atoms with E-state index < -0.39 is 0 Å². The number of benzene rings is 2. The van der Waals surface area contributed by atoms with Crippen LogP contribution in [-0.4, -0.2) is 14.8 Å². The SMILES string of the molecule is Fc1ccc([C@@H]2C[C@@H](c3ccc(I)cc3)Nc3ncnn32)cc1. The lowest BCUT2D eigenvalue weighted by Gasteiger charge is -2.31. The molecule has 3 aromatic rings. The smallest absolute Gasteiger partial charge is 0.222 e. The fourth-order valence-corrected chi connectivity index (χ4v) is 3.36. The second-order valence-corrected chi connectivity index (χ2v) is 6.83. The molecule has 116 valence electrons. The molecule has 6 heteroatoms. The molecule has 0 fully saturated rings. The molecule has 23 heavy (non-hydrogen) atoms. The van der Waals surface area contributed by atoms with Crippen molar-refractivity contribution in [2.24, 2.45) is 0 Å². The molecule has 2 atom stereocenters. The first-order chi connectivity index (χ1) is 11.2. The van der Waals surface area contributed by atoms with Crippen molar-refractivity contribution in [2.45, 2.75) is 18.5 Å². The van der Waals surface area contributed by atoms with Crippen LogP contribution in [0.2, 0.25) is 0 Å². The Morgan fingerprint density at radius 2 is 1.74 bits per heavy atom. The van der Waals surface area contributed by atoms with Crippen molar-refractivity contribution >= 4 is 28.5 Å². The maximum absolute atomic E-state index is 13.2. The average molecular weight is 420 g/mol. The Balaban J connectivity index is 1.71. The molecule has 0 spiro atoms. The van der Waals surface area contributed by atoms with Crippen LogP contribution in [0.4, 0.5) is 10.3 Å². The molecule has 1 aliphatic rings. The Hall–Kier alpha value is -1.96. The number of nitrogens with zero attached hydrogens (tertiary/aromatic N) is 3. The summed E-state index contributed by atoms with van der Waals surface area (Å²) in [7, 11) is 0. The largest absolute Gasteiger partial charge is 0.348 e. The molecular formula is C17H14FIN4. The number of fused-ring (bicyclic) bond motifs is 1. The van der Waals surface area contributed by atoms with E-state index in [1.54, 1.807) is 6.33 Å². The van der Waals surface area contributed by atoms with Crippen LogP contribution >= 0.6 is 22.6 Å². The van der Waals surface area contributed by atoms with Gasteiger partial charge in [-0.25, -0.2) is 9.07 Å². The summed E-state index contributed by atoms with van der Waals surface area (Å²) in [5, 5.41) is 7.76. The van der Waals surface area contributed by atoms with Gasteiger partial charge in [0.2, 0.25) is 5.95 Å². The normalized spacial score (nSPS) is 19.9. The highest BCUT2D eigenvalue weighted by molar-refractivity contribution is 14.1. The lowest BCUT2D eigenvalue weighted by atomic mass is 9.93. The minimum atomic E-state index is -0.226. The molecule has 0 saturated heterocycles. The van der Waals surface area contributed by atoms with Gasteiger partial charge in [-0.05, 0) is 64.4 Å². The van der Waals surface area contributed by atoms with Gasteiger partial charge < -0.3 is 5.32 Å². The van der Waals surface area contributed by atoms with Gasteiger partial charge >= 0.3 is 0 Å². The van der Waals surface area contributed by atoms with E-state index in [0.29, 0.717) is 0 Å². The molecule has 4 nitrogen and oxygen atoms in total. The molecular weight excluding hydrogens is 406 g/mol. The van der Waals surface area contributed by atoms with Gasteiger partial charge in [-0.2, -0.15) is 10.1 Å². The second-order valence-electron chi connectivity index (χ2n) is 5.58. The van der Waals surface area contributed by atoms with Gasteiger partial charge in [0.15, 0.2) is 0 Å². The maximum atomic E-state index is 13.2. The zero-order valence-corrected chi connectivity index (χ0v) is 14.3. The average Bonchev–Trinajstić information content (AvgIpc) is 3.04. The summed E-state index contributed by atoms with van der Waals surface area (Å²) < 4.78 is 16.3. The quantitative estimate of drug-likeness (QED) is 0.633. The Labute approximate surface area is 146 Å². The summed E-state index contributed by atoms with van der Waals surface area (Å²) in [4.78, 5) is 4.31. The van der Waals surface area contributed by atoms with Crippen molar-refractivity contribution in [3.8, 4) is 0 Å². The lowest BCUT2D eigenvalue weighted by molar-refractivity contribution is 0.430. The first-order valence-corrected chi connectivity index (χ1v) is 8.45. The van der Waals surface area contributed by atoms with Gasteiger partial charge in [-0.15, -0.1) is 0 Å². The molecule has 0 unspecified atom stereocenters. The van der Waals surface area contributed by atoms with Crippen molar-refractivity contribution in [3.05, 3.63) is 75.4 Å². The zero-order chi connectivity index (χ0) is 15.8. The Morgan fingerprint density at radius 3 is 2.48 bits per heavy atom. The molecule has 2 aromatic carbocycles. The number of anilines is 1. The standard InChI is InChI=1S/C17H14FIN4/c18-13-5-1-12(2-6-13)16-9-15(11-3-7-14(19)8-4-11)22-17-20-10-21-23(16)17/h1-8,10,15-16H,9H2,(H,20,21,22)/t15-,16-/m0/s1. The highest BCUT2D eigenvalue weighted by Crippen LogP contribution is 2.37. The molecule has 1 aliphatic heterocycles. The first-order valence-electron chi connectivity index (χ1n) is 7.38. The predicted octanol–water partition coefficient (Wildman–Crippen LogP) is 4.17. The van der Waals surface area contributed by atoms with Gasteiger partial charge in [0.1, 0.15) is 12.1 Å². The summed E-state index contributed by atoms with van der Waals surface area (Å²) in [6, 6.07) is 15.3. The summed E-state index contributed by atoms with van der Waals surface area (Å²) >= 11 is 2.30. The van der Waals surface area contributed by atoms with Gasteiger partial charge in [0.25, 0.3) is 0 Å². The Morgan fingerprint density at radius 1 is 1.04 bits per heavy atom. The summed E-state index contributed by atoms with van der Waals surface area (Å²) in [5.41, 5.74) is 2.25. The highest BCUT2D eigenvalue weighted by atomic mass is 127. The van der Waals surface area contributed by atoms with Crippen LogP contribution in [0.3, 0.4) is 0 Å². The van der Waals surface area contributed by atoms with Crippen LogP contribution in [0.25, 0.3) is 0 Å². The van der Waals surface area contributed by atoms with Crippen LogP contribution < -0.4 is 5.32 Å². The van der Waals surface area contributed by atoms with Crippen molar-refractivity contribution in [1.29, 1.82) is 0 Å². The van der Waals surface area contributed by atoms with Crippen LogP contribution in [-0.2, 0) is 0 Å². The van der Waals surface area contributed by atoms with Gasteiger partial charge in [-0.3, -0.25) is 0 Å². The molecule has 2 heterocycles. The highest BCUT2D eigenvalue weighted by Gasteiger charge is 2.29. The van der Waals surface area contributed by atoms with Crippen LogP contribution in [0.1, 0.15) is 29.6 Å². The number of nitrogens with one attached hydrogen (secondary N) is 1. The summed E-state index contributed by atoms with van der Waals surface area (Å²) in [6.45, 7) is 0. The van der Waals surface area contributed by atoms with Crippen molar-refractivity contribution in [3.63, 3.8) is 0 Å². The molecule has 0 radical (unpaired) electrons. The van der Waals surface area contributed by atoms with Crippen molar-refractivity contribution in [2.75, 3.05) is 5.32 Å². The summed E-state index contributed by atoms with van der Waals surface area (Å²) in [5.74, 6) is 0.518. The molecule has 1 aromatic heterocycles. The topological polar surface area (TPSA) is 42.7 Å². The van der Waals surface area contributed by atoms with E-state index in [2.05, 4.69) is 62.3 Å². The van der Waals surface area contributed by atoms with Gasteiger partial charge in [0, 0.05) is 3.57 Å². The van der Waals surface area contributed by atoms with Crippen molar-refractivity contribution < 1.29 is 4.39 Å². The number of aromatic nitrogens is 3. The fourth-order valence-electron chi connectivity index (χ4n) is 3.00. The predicted molar refractivity (Wildman–Crippen MR) is 94.7 cm³/mol. The molecule has 0 saturated carbocycles. The number of hydrogen-bond acceptors (Lipinski definition) is 3. The van der Waals surface area contributed by atoms with E-state index in [1.807, 2.05) is 16.8 Å². The van der Waals surface area contributed by atoms with E-state index in [9.17, 15) is 4.39 Å². The second kappa shape index (κ2) is 5.92. The monoisotopic (exact) mass is 420 g/mol. The van der Waals surface area contributed by atoms with Gasteiger partial charge in [-0.1, -0.05) is 24.3 Å². The molecule has 0 amide bonds. The summed E-state index contributed by atoms with van der Waals surface area (Å²) in [6.07, 6.45) is 2.39. The Bertz CT molecular complexity index is 813. The zero-order valence-electron chi connectivity index (χ0n) is 12.2. The minimum absolute atomic E-state index is 0.0404. The fraction of sp³-hybridized carbons (Fsp3) is 0.176. The van der Waals surface area contributed by atoms with E-state index in [1.165, 1.54) is 21.3 Å². The van der Waals surface area contributed by atoms with Crippen molar-refractivity contribution in [1.82, 2.24) is 14.8 Å². The first kappa shape index (κ1) is 14.6. The third-order valence-electron chi connectivity index (χ3n) is 4.16. The Kier molecular flexibility index (Phi) is 3.76. The number of rotatable bonds is 2. The molecule has 1 N–H and O–H groups in total. The van der Waals surface area contributed by atoms with Gasteiger partial charge in [0.05, 0.1) is 12.1 Å². The minimum Gasteiger partial charge on any atom is -0.348 e. The van der Waals surface area contributed by atoms with E-state index in [0.717, 1.165) is 17.9 Å². The van der Waals surface area contributed by atoms with Crippen LogP contribution in [0.5, 0.6) is 0 Å². The molecule has 4 rings (SSSR count). The van der Waals surface area contributed by atoms with E-state index in [-0.39, 0.29) is 17.9 Å². The van der Waals surface area contributed by atoms with Crippen LogP contribution in [0.15, 0.2) is 54.9 Å². The third kappa shape index (κ3) is 2.83. The third-order valence-corrected chi connectivity index (χ3v) is 4.88. The number of hydrogen-bond donors (Lipinski definition) is 1. The van der Waals surface area contributed by atoms with Crippen LogP contribution in [0, 0.1) is 9.39 Å². The molecule has 0 aliphatic carbocycles. The van der Waals surface area contributed by atoms with E-state index >= 15 is 0 Å². The maximum Gasteiger partial charge on any atom is 0.222 e.